The molecule has 0 radical (unpaired) electrons. The van der Waals surface area contributed by atoms with Crippen molar-refractivity contribution >= 4 is 5.69 Å². The Hall–Kier alpha value is -1.20. The molecule has 1 heterocycles. The molecule has 0 saturated carbocycles. The molecule has 1 aliphatic rings. The third kappa shape index (κ3) is 2.56. The Morgan fingerprint density at radius 2 is 1.71 bits per heavy atom. The lowest BCUT2D eigenvalue weighted by molar-refractivity contribution is 0.145. The largest absolute Gasteiger partial charge is 0.393 e. The van der Waals surface area contributed by atoms with Gasteiger partial charge in [-0.1, -0.05) is 0 Å². The van der Waals surface area contributed by atoms with Crippen LogP contribution in [0.15, 0.2) is 12.1 Å². The van der Waals surface area contributed by atoms with Gasteiger partial charge in [-0.05, 0) is 30.5 Å². The molecule has 17 heavy (non-hydrogen) atoms. The number of halogens is 2. The smallest absolute Gasteiger partial charge is 0.149 e. The highest BCUT2D eigenvalue weighted by Crippen LogP contribution is 2.27. The summed E-state index contributed by atoms with van der Waals surface area (Å²) in [7, 11) is 0. The zero-order valence-corrected chi connectivity index (χ0v) is 9.37. The van der Waals surface area contributed by atoms with Crippen molar-refractivity contribution in [3.05, 3.63) is 29.3 Å². The van der Waals surface area contributed by atoms with E-state index in [0.29, 0.717) is 25.9 Å². The average molecular weight is 243 g/mol. The molecule has 1 saturated heterocycles. The summed E-state index contributed by atoms with van der Waals surface area (Å²) in [5, 5.41) is 18.2. The minimum atomic E-state index is -0.662. The van der Waals surface area contributed by atoms with E-state index in [1.807, 2.05) is 0 Å². The second-order valence-corrected chi connectivity index (χ2v) is 4.28. The molecule has 0 amide bonds. The van der Waals surface area contributed by atoms with Crippen LogP contribution in [0.25, 0.3) is 0 Å². The second-order valence-electron chi connectivity index (χ2n) is 4.28. The van der Waals surface area contributed by atoms with Crippen LogP contribution in [-0.4, -0.2) is 29.4 Å². The van der Waals surface area contributed by atoms with Crippen LogP contribution in [-0.2, 0) is 6.61 Å². The first-order valence-electron chi connectivity index (χ1n) is 5.63. The van der Waals surface area contributed by atoms with E-state index >= 15 is 0 Å². The molecule has 0 bridgehead atoms. The van der Waals surface area contributed by atoms with E-state index in [4.69, 9.17) is 5.11 Å². The fraction of sp³-hybridized carbons (Fsp3) is 0.500. The van der Waals surface area contributed by atoms with Gasteiger partial charge in [-0.25, -0.2) is 8.78 Å². The monoisotopic (exact) mass is 243 g/mol. The number of hydrogen-bond acceptors (Lipinski definition) is 3. The van der Waals surface area contributed by atoms with Crippen LogP contribution in [0.4, 0.5) is 14.5 Å². The van der Waals surface area contributed by atoms with Gasteiger partial charge in [0.2, 0.25) is 0 Å². The van der Waals surface area contributed by atoms with Gasteiger partial charge in [-0.15, -0.1) is 0 Å². The van der Waals surface area contributed by atoms with Crippen LogP contribution in [0.2, 0.25) is 0 Å². The van der Waals surface area contributed by atoms with Crippen molar-refractivity contribution in [1.82, 2.24) is 0 Å². The molecule has 1 aromatic rings. The quantitative estimate of drug-likeness (QED) is 0.825. The van der Waals surface area contributed by atoms with Gasteiger partial charge >= 0.3 is 0 Å². The highest BCUT2D eigenvalue weighted by Gasteiger charge is 2.22. The first-order valence-corrected chi connectivity index (χ1v) is 5.63. The SMILES string of the molecule is OCc1cc(F)c(N2CCC(O)CC2)c(F)c1. The first kappa shape index (κ1) is 12.3. The maximum absolute atomic E-state index is 13.7. The Morgan fingerprint density at radius 1 is 1.18 bits per heavy atom. The highest BCUT2D eigenvalue weighted by molar-refractivity contribution is 5.51. The predicted octanol–water partition coefficient (Wildman–Crippen LogP) is 1.42. The van der Waals surface area contributed by atoms with Crippen molar-refractivity contribution in [3.8, 4) is 0 Å². The Balaban J connectivity index is 2.26. The molecule has 1 fully saturated rings. The van der Waals surface area contributed by atoms with Crippen LogP contribution in [0, 0.1) is 11.6 Å². The molecule has 5 heteroatoms. The molecule has 1 aromatic carbocycles. The molecule has 2 N–H and O–H groups in total. The zero-order valence-electron chi connectivity index (χ0n) is 9.37. The molecule has 0 atom stereocenters. The Labute approximate surface area is 98.3 Å². The molecule has 0 aliphatic carbocycles. The van der Waals surface area contributed by atoms with Crippen molar-refractivity contribution < 1.29 is 19.0 Å². The summed E-state index contributed by atoms with van der Waals surface area (Å²) in [6.45, 7) is 0.494. The minimum absolute atomic E-state index is 0.0610. The van der Waals surface area contributed by atoms with E-state index in [1.165, 1.54) is 0 Å². The van der Waals surface area contributed by atoms with Crippen LogP contribution < -0.4 is 4.90 Å². The van der Waals surface area contributed by atoms with Gasteiger partial charge in [0.05, 0.1) is 12.7 Å². The number of anilines is 1. The molecule has 0 aromatic heterocycles. The van der Waals surface area contributed by atoms with Crippen molar-refractivity contribution in [3.63, 3.8) is 0 Å². The Morgan fingerprint density at radius 3 is 2.18 bits per heavy atom. The molecule has 3 nitrogen and oxygen atoms in total. The standard InChI is InChI=1S/C12H15F2NO2/c13-10-5-8(7-16)6-11(14)12(10)15-3-1-9(17)2-4-15/h5-6,9,16-17H,1-4,7H2. The van der Waals surface area contributed by atoms with E-state index < -0.39 is 11.6 Å². The molecule has 94 valence electrons. The lowest BCUT2D eigenvalue weighted by atomic mass is 10.1. The van der Waals surface area contributed by atoms with Crippen LogP contribution in [0.5, 0.6) is 0 Å². The van der Waals surface area contributed by atoms with E-state index in [1.54, 1.807) is 4.90 Å². The van der Waals surface area contributed by atoms with Gasteiger partial charge in [0.15, 0.2) is 0 Å². The topological polar surface area (TPSA) is 43.7 Å². The summed E-state index contributed by atoms with van der Waals surface area (Å²) in [5.74, 6) is -1.32. The lowest BCUT2D eigenvalue weighted by Gasteiger charge is -2.32. The van der Waals surface area contributed by atoms with Crippen LogP contribution in [0.3, 0.4) is 0 Å². The van der Waals surface area contributed by atoms with Crippen LogP contribution in [0.1, 0.15) is 18.4 Å². The molecule has 0 spiro atoms. The summed E-state index contributed by atoms with van der Waals surface area (Å²) < 4.78 is 27.4. The predicted molar refractivity (Wildman–Crippen MR) is 59.7 cm³/mol. The number of benzene rings is 1. The molecular weight excluding hydrogens is 228 g/mol. The van der Waals surface area contributed by atoms with Gasteiger partial charge < -0.3 is 15.1 Å². The maximum Gasteiger partial charge on any atom is 0.149 e. The fourth-order valence-corrected chi connectivity index (χ4v) is 2.10. The third-order valence-electron chi connectivity index (χ3n) is 3.04. The number of aliphatic hydroxyl groups excluding tert-OH is 2. The highest BCUT2D eigenvalue weighted by atomic mass is 19.1. The fourth-order valence-electron chi connectivity index (χ4n) is 2.10. The number of nitrogens with zero attached hydrogens (tertiary/aromatic N) is 1. The van der Waals surface area contributed by atoms with Crippen molar-refractivity contribution in [2.24, 2.45) is 0 Å². The van der Waals surface area contributed by atoms with Crippen molar-refractivity contribution in [1.29, 1.82) is 0 Å². The first-order chi connectivity index (χ1) is 8.11. The van der Waals surface area contributed by atoms with E-state index in [-0.39, 0.29) is 24.0 Å². The van der Waals surface area contributed by atoms with Gasteiger partial charge in [-0.2, -0.15) is 0 Å². The minimum Gasteiger partial charge on any atom is -0.393 e. The maximum atomic E-state index is 13.7. The van der Waals surface area contributed by atoms with Gasteiger partial charge in [0.1, 0.15) is 17.3 Å². The lowest BCUT2D eigenvalue weighted by Crippen LogP contribution is -2.36. The van der Waals surface area contributed by atoms with Crippen LogP contribution >= 0.6 is 0 Å². The van der Waals surface area contributed by atoms with E-state index in [9.17, 15) is 13.9 Å². The summed E-state index contributed by atoms with van der Waals surface area (Å²) in [4.78, 5) is 1.60. The summed E-state index contributed by atoms with van der Waals surface area (Å²) >= 11 is 0. The number of aliphatic hydroxyl groups is 2. The molecule has 1 aliphatic heterocycles. The second kappa shape index (κ2) is 4.98. The normalized spacial score (nSPS) is 17.5. The number of piperidine rings is 1. The van der Waals surface area contributed by atoms with Gasteiger partial charge in [-0.3, -0.25) is 0 Å². The average Bonchev–Trinajstić information content (AvgIpc) is 2.30. The van der Waals surface area contributed by atoms with E-state index in [0.717, 1.165) is 12.1 Å². The van der Waals surface area contributed by atoms with Crippen molar-refractivity contribution in [2.75, 3.05) is 18.0 Å². The molecule has 2 rings (SSSR count). The summed E-state index contributed by atoms with van der Waals surface area (Å²) in [5.41, 5.74) is 0.162. The van der Waals surface area contributed by atoms with Gasteiger partial charge in [0.25, 0.3) is 0 Å². The van der Waals surface area contributed by atoms with Gasteiger partial charge in [0, 0.05) is 13.1 Å². The molecular formula is C12H15F2NO2. The number of rotatable bonds is 2. The molecule has 0 unspecified atom stereocenters. The Kier molecular flexibility index (Phi) is 3.59. The summed E-state index contributed by atoms with van der Waals surface area (Å²) in [6, 6.07) is 2.28. The number of hydrogen-bond donors (Lipinski definition) is 2. The zero-order chi connectivity index (χ0) is 12.4. The van der Waals surface area contributed by atoms with Crippen molar-refractivity contribution in [2.45, 2.75) is 25.6 Å². The van der Waals surface area contributed by atoms with E-state index in [2.05, 4.69) is 0 Å². The Bertz CT molecular complexity index is 380. The summed E-state index contributed by atoms with van der Waals surface area (Å²) in [6.07, 6.45) is 0.649. The third-order valence-corrected chi connectivity index (χ3v) is 3.04.